The Bertz CT molecular complexity index is 194. The average molecular weight is 230 g/mol. The van der Waals surface area contributed by atoms with Crippen LogP contribution in [0.15, 0.2) is 0 Å². The molecule has 1 aliphatic heterocycles. The molecule has 0 aromatic rings. The van der Waals surface area contributed by atoms with Crippen LogP contribution in [0.25, 0.3) is 0 Å². The van der Waals surface area contributed by atoms with Crippen molar-refractivity contribution in [3.8, 4) is 0 Å². The van der Waals surface area contributed by atoms with Crippen LogP contribution in [0, 0.1) is 17.8 Å². The maximum absolute atomic E-state index is 2.44. The Morgan fingerprint density at radius 1 is 1.14 bits per heavy atom. The van der Waals surface area contributed by atoms with E-state index in [2.05, 4.69) is 44.3 Å². The van der Waals surface area contributed by atoms with E-state index in [1.54, 1.807) is 0 Å². The fourth-order valence-electron chi connectivity index (χ4n) is 3.07. The van der Waals surface area contributed by atoms with E-state index >= 15 is 0 Å². The summed E-state index contributed by atoms with van der Waals surface area (Å²) in [6.07, 6.45) is 4.40. The van der Waals surface area contributed by atoms with Crippen LogP contribution in [0.1, 0.15) is 40.0 Å². The quantitative estimate of drug-likeness (QED) is 0.660. The summed E-state index contributed by atoms with van der Waals surface area (Å²) in [5.74, 6) is 5.58. The zero-order valence-corrected chi connectivity index (χ0v) is 11.2. The molecule has 1 saturated heterocycles. The van der Waals surface area contributed by atoms with Gasteiger partial charge in [-0.25, -0.2) is 0 Å². The van der Waals surface area contributed by atoms with Gasteiger partial charge in [-0.3, -0.25) is 0 Å². The van der Waals surface area contributed by atoms with Crippen LogP contribution >= 0.6 is 23.5 Å². The monoisotopic (exact) mass is 230 g/mol. The first-order chi connectivity index (χ1) is 6.64. The molecule has 2 atom stereocenters. The second-order valence-corrected chi connectivity index (χ2v) is 8.36. The molecule has 0 bridgehead atoms. The number of thioether (sulfide) groups is 2. The van der Waals surface area contributed by atoms with Gasteiger partial charge in [-0.1, -0.05) is 27.2 Å². The van der Waals surface area contributed by atoms with Crippen molar-refractivity contribution in [3.05, 3.63) is 0 Å². The van der Waals surface area contributed by atoms with Crippen molar-refractivity contribution < 1.29 is 0 Å². The maximum atomic E-state index is 2.44. The minimum Gasteiger partial charge on any atom is -0.143 e. The summed E-state index contributed by atoms with van der Waals surface area (Å²) in [5, 5.41) is 0. The van der Waals surface area contributed by atoms with Crippen LogP contribution in [0.5, 0.6) is 0 Å². The summed E-state index contributed by atoms with van der Waals surface area (Å²) in [6.45, 7) is 7.28. The molecule has 1 spiro atoms. The van der Waals surface area contributed by atoms with Crippen molar-refractivity contribution in [1.29, 1.82) is 0 Å². The third-order valence-electron chi connectivity index (χ3n) is 3.75. The summed E-state index contributed by atoms with van der Waals surface area (Å²) in [6, 6.07) is 0. The van der Waals surface area contributed by atoms with Crippen LogP contribution in [0.2, 0.25) is 0 Å². The smallest absolute Gasteiger partial charge is 0.0644 e. The normalized spacial score (nSPS) is 36.9. The Morgan fingerprint density at radius 3 is 2.36 bits per heavy atom. The Balaban J connectivity index is 2.14. The zero-order valence-electron chi connectivity index (χ0n) is 9.58. The Hall–Kier alpha value is 0.700. The van der Waals surface area contributed by atoms with Crippen molar-refractivity contribution in [3.63, 3.8) is 0 Å². The van der Waals surface area contributed by atoms with E-state index in [4.69, 9.17) is 0 Å². The first-order valence-electron chi connectivity index (χ1n) is 5.92. The topological polar surface area (TPSA) is 0 Å². The van der Waals surface area contributed by atoms with Gasteiger partial charge in [0, 0.05) is 11.5 Å². The summed E-state index contributed by atoms with van der Waals surface area (Å²) < 4.78 is 0.617. The highest BCUT2D eigenvalue weighted by Gasteiger charge is 2.47. The van der Waals surface area contributed by atoms with Crippen LogP contribution < -0.4 is 0 Å². The van der Waals surface area contributed by atoms with Gasteiger partial charge < -0.3 is 0 Å². The zero-order chi connectivity index (χ0) is 10.2. The molecule has 0 aromatic heterocycles. The summed E-state index contributed by atoms with van der Waals surface area (Å²) >= 11 is 4.54. The van der Waals surface area contributed by atoms with Gasteiger partial charge in [0.2, 0.25) is 0 Å². The van der Waals surface area contributed by atoms with E-state index in [0.29, 0.717) is 4.08 Å². The molecule has 0 unspecified atom stereocenters. The van der Waals surface area contributed by atoms with Gasteiger partial charge >= 0.3 is 0 Å². The standard InChI is InChI=1S/C12H22S2/c1-9(2)11-5-4-10(3)8-12(11)13-6-7-14-12/h9-11H,4-8H2,1-3H3/t10-,11+/m0/s1. The van der Waals surface area contributed by atoms with Gasteiger partial charge in [-0.2, -0.15) is 0 Å². The second kappa shape index (κ2) is 4.29. The van der Waals surface area contributed by atoms with Gasteiger partial charge in [0.15, 0.2) is 0 Å². The van der Waals surface area contributed by atoms with Crippen molar-refractivity contribution in [2.75, 3.05) is 11.5 Å². The van der Waals surface area contributed by atoms with Crippen molar-refractivity contribution in [2.24, 2.45) is 17.8 Å². The van der Waals surface area contributed by atoms with E-state index in [9.17, 15) is 0 Å². The molecule has 0 radical (unpaired) electrons. The largest absolute Gasteiger partial charge is 0.143 e. The lowest BCUT2D eigenvalue weighted by molar-refractivity contribution is 0.228. The molecular weight excluding hydrogens is 208 g/mol. The highest BCUT2D eigenvalue weighted by molar-refractivity contribution is 8.21. The molecular formula is C12H22S2. The molecule has 2 aliphatic rings. The predicted octanol–water partition coefficient (Wildman–Crippen LogP) is 4.25. The Labute approximate surface area is 97.0 Å². The van der Waals surface area contributed by atoms with Crippen LogP contribution in [-0.2, 0) is 0 Å². The van der Waals surface area contributed by atoms with E-state index in [-0.39, 0.29) is 0 Å². The molecule has 0 amide bonds. The fraction of sp³-hybridized carbons (Fsp3) is 1.00. The van der Waals surface area contributed by atoms with E-state index in [0.717, 1.165) is 17.8 Å². The van der Waals surface area contributed by atoms with Crippen molar-refractivity contribution in [1.82, 2.24) is 0 Å². The average Bonchev–Trinajstić information content (AvgIpc) is 2.52. The summed E-state index contributed by atoms with van der Waals surface area (Å²) in [4.78, 5) is 0. The second-order valence-electron chi connectivity index (χ2n) is 5.25. The minimum absolute atomic E-state index is 0.617. The number of hydrogen-bond donors (Lipinski definition) is 0. The summed E-state index contributed by atoms with van der Waals surface area (Å²) in [5.41, 5.74) is 0. The van der Waals surface area contributed by atoms with Crippen LogP contribution in [0.4, 0.5) is 0 Å². The molecule has 82 valence electrons. The third kappa shape index (κ3) is 1.97. The molecule has 0 nitrogen and oxygen atoms in total. The lowest BCUT2D eigenvalue weighted by Gasteiger charge is -2.44. The Kier molecular flexibility index (Phi) is 3.43. The predicted molar refractivity (Wildman–Crippen MR) is 69.0 cm³/mol. The van der Waals surface area contributed by atoms with E-state index < -0.39 is 0 Å². The SMILES string of the molecule is CC(C)[C@H]1CC[C@H](C)CC12SCCS2. The Morgan fingerprint density at radius 2 is 1.79 bits per heavy atom. The number of rotatable bonds is 1. The third-order valence-corrected chi connectivity index (χ3v) is 7.45. The van der Waals surface area contributed by atoms with Gasteiger partial charge in [0.1, 0.15) is 0 Å². The van der Waals surface area contributed by atoms with Gasteiger partial charge in [-0.15, -0.1) is 23.5 Å². The number of hydrogen-bond acceptors (Lipinski definition) is 2. The van der Waals surface area contributed by atoms with E-state index in [1.807, 2.05) is 0 Å². The van der Waals surface area contributed by atoms with Gasteiger partial charge in [-0.05, 0) is 30.6 Å². The molecule has 2 rings (SSSR count). The molecule has 2 fully saturated rings. The minimum atomic E-state index is 0.617. The van der Waals surface area contributed by atoms with Crippen molar-refractivity contribution in [2.45, 2.75) is 44.1 Å². The summed E-state index contributed by atoms with van der Waals surface area (Å²) in [7, 11) is 0. The van der Waals surface area contributed by atoms with Gasteiger partial charge in [0.25, 0.3) is 0 Å². The van der Waals surface area contributed by atoms with E-state index in [1.165, 1.54) is 30.8 Å². The molecule has 1 aliphatic carbocycles. The van der Waals surface area contributed by atoms with Crippen molar-refractivity contribution >= 4 is 23.5 Å². The fourth-order valence-corrected chi connectivity index (χ4v) is 7.27. The molecule has 2 heteroatoms. The molecule has 14 heavy (non-hydrogen) atoms. The molecule has 1 heterocycles. The first kappa shape index (κ1) is 11.2. The highest BCUT2D eigenvalue weighted by Crippen LogP contribution is 2.58. The lowest BCUT2D eigenvalue weighted by atomic mass is 9.76. The highest BCUT2D eigenvalue weighted by atomic mass is 32.2. The molecule has 0 N–H and O–H groups in total. The van der Waals surface area contributed by atoms with Gasteiger partial charge in [0.05, 0.1) is 4.08 Å². The maximum Gasteiger partial charge on any atom is 0.0644 e. The lowest BCUT2D eigenvalue weighted by Crippen LogP contribution is -2.38. The first-order valence-corrected chi connectivity index (χ1v) is 7.89. The molecule has 0 aromatic carbocycles. The van der Waals surface area contributed by atoms with Crippen LogP contribution in [-0.4, -0.2) is 15.6 Å². The molecule has 1 saturated carbocycles. The van der Waals surface area contributed by atoms with Crippen LogP contribution in [0.3, 0.4) is 0 Å².